The van der Waals surface area contributed by atoms with Crippen molar-refractivity contribution in [1.29, 1.82) is 5.26 Å². The maximum atomic E-state index is 13.0. The Labute approximate surface area is 231 Å². The normalized spacial score (nSPS) is 11.4. The van der Waals surface area contributed by atoms with E-state index >= 15 is 0 Å². The second kappa shape index (κ2) is 13.0. The molecular formula is C28H23BrF3N3O4. The fourth-order valence-electron chi connectivity index (χ4n) is 3.30. The monoisotopic (exact) mass is 601 g/mol. The standard InChI is InChI=1S/C28H23BrF3N3O4/c1-3-38-24-12-18(11-19(15-33)27(37)35-22-6-4-5-20(13-22)28(30,31)32)23(29)14-25(24)39-16-26(36)34-21-9-7-17(2)8-10-21/h4-14H,3,16H2,1-2H3,(H,34,36)(H,35,37)/b19-11-. The van der Waals surface area contributed by atoms with E-state index in [1.165, 1.54) is 24.3 Å². The van der Waals surface area contributed by atoms with Gasteiger partial charge in [-0.2, -0.15) is 18.4 Å². The van der Waals surface area contributed by atoms with Gasteiger partial charge in [0.25, 0.3) is 11.8 Å². The van der Waals surface area contributed by atoms with Gasteiger partial charge in [0, 0.05) is 15.8 Å². The minimum Gasteiger partial charge on any atom is -0.490 e. The second-order valence-corrected chi connectivity index (χ2v) is 9.01. The summed E-state index contributed by atoms with van der Waals surface area (Å²) in [4.78, 5) is 25.0. The zero-order valence-corrected chi connectivity index (χ0v) is 22.4. The maximum Gasteiger partial charge on any atom is 0.416 e. The van der Waals surface area contributed by atoms with Crippen LogP contribution in [-0.2, 0) is 15.8 Å². The average Bonchev–Trinajstić information content (AvgIpc) is 2.89. The third kappa shape index (κ3) is 8.35. The third-order valence-corrected chi connectivity index (χ3v) is 5.86. The number of rotatable bonds is 9. The van der Waals surface area contributed by atoms with Gasteiger partial charge in [0.1, 0.15) is 11.6 Å². The molecule has 0 aliphatic carbocycles. The van der Waals surface area contributed by atoms with E-state index in [-0.39, 0.29) is 41.9 Å². The molecule has 0 unspecified atom stereocenters. The number of hydrogen-bond acceptors (Lipinski definition) is 5. The van der Waals surface area contributed by atoms with Crippen molar-refractivity contribution in [2.24, 2.45) is 0 Å². The molecule has 2 N–H and O–H groups in total. The van der Waals surface area contributed by atoms with Crippen molar-refractivity contribution in [2.45, 2.75) is 20.0 Å². The molecule has 0 aromatic heterocycles. The van der Waals surface area contributed by atoms with Gasteiger partial charge in [0.15, 0.2) is 18.1 Å². The molecule has 202 valence electrons. The summed E-state index contributed by atoms with van der Waals surface area (Å²) in [6, 6.07) is 16.1. The molecule has 39 heavy (non-hydrogen) atoms. The van der Waals surface area contributed by atoms with Gasteiger partial charge in [-0.05, 0) is 68.0 Å². The van der Waals surface area contributed by atoms with Crippen LogP contribution in [0, 0.1) is 18.3 Å². The summed E-state index contributed by atoms with van der Waals surface area (Å²) < 4.78 is 50.6. The second-order valence-electron chi connectivity index (χ2n) is 8.16. The van der Waals surface area contributed by atoms with Crippen molar-refractivity contribution in [1.82, 2.24) is 0 Å². The fraction of sp³-hybridized carbons (Fsp3) is 0.179. The van der Waals surface area contributed by atoms with Gasteiger partial charge in [-0.25, -0.2) is 0 Å². The maximum absolute atomic E-state index is 13.0. The van der Waals surface area contributed by atoms with Gasteiger partial charge in [-0.15, -0.1) is 0 Å². The molecule has 3 aromatic carbocycles. The summed E-state index contributed by atoms with van der Waals surface area (Å²) in [5.74, 6) is -0.785. The largest absolute Gasteiger partial charge is 0.490 e. The first-order valence-electron chi connectivity index (χ1n) is 11.6. The Morgan fingerprint density at radius 1 is 1.00 bits per heavy atom. The smallest absolute Gasteiger partial charge is 0.416 e. The number of ether oxygens (including phenoxy) is 2. The molecule has 0 spiro atoms. The van der Waals surface area contributed by atoms with Crippen molar-refractivity contribution in [3.8, 4) is 17.6 Å². The number of anilines is 2. The summed E-state index contributed by atoms with van der Waals surface area (Å²) >= 11 is 3.36. The Hall–Kier alpha value is -4.30. The van der Waals surface area contributed by atoms with Crippen LogP contribution < -0.4 is 20.1 Å². The van der Waals surface area contributed by atoms with Crippen LogP contribution in [0.4, 0.5) is 24.5 Å². The zero-order chi connectivity index (χ0) is 28.6. The molecule has 0 saturated carbocycles. The lowest BCUT2D eigenvalue weighted by atomic mass is 10.1. The number of benzene rings is 3. The minimum absolute atomic E-state index is 0.113. The van der Waals surface area contributed by atoms with E-state index in [0.717, 1.165) is 23.8 Å². The van der Waals surface area contributed by atoms with Gasteiger partial charge < -0.3 is 20.1 Å². The van der Waals surface area contributed by atoms with E-state index in [1.54, 1.807) is 25.1 Å². The minimum atomic E-state index is -4.58. The lowest BCUT2D eigenvalue weighted by Crippen LogP contribution is -2.20. The quantitative estimate of drug-likeness (QED) is 0.209. The lowest BCUT2D eigenvalue weighted by Gasteiger charge is -2.14. The van der Waals surface area contributed by atoms with Gasteiger partial charge in [-0.1, -0.05) is 39.7 Å². The van der Waals surface area contributed by atoms with Crippen LogP contribution in [0.1, 0.15) is 23.6 Å². The van der Waals surface area contributed by atoms with Crippen molar-refractivity contribution in [2.75, 3.05) is 23.8 Å². The highest BCUT2D eigenvalue weighted by molar-refractivity contribution is 9.10. The molecule has 0 radical (unpaired) electrons. The first-order chi connectivity index (χ1) is 18.5. The molecular weight excluding hydrogens is 579 g/mol. The molecule has 0 bridgehead atoms. The van der Waals surface area contributed by atoms with Crippen molar-refractivity contribution in [3.63, 3.8) is 0 Å². The molecule has 0 aliphatic rings. The number of alkyl halides is 3. The number of nitriles is 1. The first-order valence-corrected chi connectivity index (χ1v) is 12.4. The molecule has 7 nitrogen and oxygen atoms in total. The molecule has 0 saturated heterocycles. The highest BCUT2D eigenvalue weighted by atomic mass is 79.9. The Bertz CT molecular complexity index is 1430. The highest BCUT2D eigenvalue weighted by Gasteiger charge is 2.30. The van der Waals surface area contributed by atoms with Gasteiger partial charge in [0.05, 0.1) is 12.2 Å². The molecule has 0 fully saturated rings. The lowest BCUT2D eigenvalue weighted by molar-refractivity contribution is -0.137. The number of nitrogens with zero attached hydrogens (tertiary/aromatic N) is 1. The van der Waals surface area contributed by atoms with Crippen molar-refractivity contribution < 1.29 is 32.2 Å². The number of amides is 2. The van der Waals surface area contributed by atoms with Gasteiger partial charge >= 0.3 is 6.18 Å². The van der Waals surface area contributed by atoms with E-state index in [0.29, 0.717) is 15.7 Å². The highest BCUT2D eigenvalue weighted by Crippen LogP contribution is 2.35. The molecule has 2 amide bonds. The summed E-state index contributed by atoms with van der Waals surface area (Å²) in [7, 11) is 0. The number of nitrogens with one attached hydrogen (secondary N) is 2. The Morgan fingerprint density at radius 3 is 2.33 bits per heavy atom. The summed E-state index contributed by atoms with van der Waals surface area (Å²) in [6.07, 6.45) is -3.33. The number of carbonyl (C=O) groups excluding carboxylic acids is 2. The van der Waals surface area contributed by atoms with Crippen molar-refractivity contribution >= 4 is 45.2 Å². The zero-order valence-electron chi connectivity index (χ0n) is 20.9. The van der Waals surface area contributed by atoms with E-state index < -0.39 is 17.6 Å². The van der Waals surface area contributed by atoms with Gasteiger partial charge in [-0.3, -0.25) is 9.59 Å². The Kier molecular flexibility index (Phi) is 9.73. The number of carbonyl (C=O) groups is 2. The molecule has 0 atom stereocenters. The van der Waals surface area contributed by atoms with Crippen LogP contribution in [-0.4, -0.2) is 25.0 Å². The van der Waals surface area contributed by atoms with Crippen molar-refractivity contribution in [3.05, 3.63) is 87.4 Å². The summed E-state index contributed by atoms with van der Waals surface area (Å²) in [6.45, 7) is 3.63. The van der Waals surface area contributed by atoms with Crippen LogP contribution in [0.2, 0.25) is 0 Å². The molecule has 3 aromatic rings. The first kappa shape index (κ1) is 29.3. The van der Waals surface area contributed by atoms with E-state index in [1.807, 2.05) is 19.1 Å². The fourth-order valence-corrected chi connectivity index (χ4v) is 3.73. The summed E-state index contributed by atoms with van der Waals surface area (Å²) in [5.41, 5.74) is 0.630. The number of aryl methyl sites for hydroxylation is 1. The SMILES string of the molecule is CCOc1cc(/C=C(/C#N)C(=O)Nc2cccc(C(F)(F)F)c2)c(Br)cc1OCC(=O)Nc1ccc(C)cc1. The van der Waals surface area contributed by atoms with E-state index in [2.05, 4.69) is 26.6 Å². The predicted molar refractivity (Wildman–Crippen MR) is 144 cm³/mol. The molecule has 0 heterocycles. The van der Waals surface area contributed by atoms with Crippen LogP contribution in [0.3, 0.4) is 0 Å². The average molecular weight is 602 g/mol. The number of hydrogen-bond donors (Lipinski definition) is 2. The van der Waals surface area contributed by atoms with E-state index in [4.69, 9.17) is 9.47 Å². The topological polar surface area (TPSA) is 100 Å². The van der Waals surface area contributed by atoms with E-state index in [9.17, 15) is 28.0 Å². The van der Waals surface area contributed by atoms with Gasteiger partial charge in [0.2, 0.25) is 0 Å². The summed E-state index contributed by atoms with van der Waals surface area (Å²) in [5, 5.41) is 14.6. The molecule has 0 aliphatic heterocycles. The van der Waals surface area contributed by atoms with Crippen LogP contribution >= 0.6 is 15.9 Å². The Balaban J connectivity index is 1.77. The van der Waals surface area contributed by atoms with Crippen LogP contribution in [0.5, 0.6) is 11.5 Å². The number of halogens is 4. The predicted octanol–water partition coefficient (Wildman–Crippen LogP) is 6.74. The van der Waals surface area contributed by atoms with Crippen LogP contribution in [0.15, 0.2) is 70.7 Å². The van der Waals surface area contributed by atoms with Crippen LogP contribution in [0.25, 0.3) is 6.08 Å². The Morgan fingerprint density at radius 2 is 1.69 bits per heavy atom. The molecule has 3 rings (SSSR count). The molecule has 11 heteroatoms. The third-order valence-electron chi connectivity index (χ3n) is 5.17.